The molecule has 4 rings (SSSR count). The van der Waals surface area contributed by atoms with Gasteiger partial charge in [0.1, 0.15) is 0 Å². The van der Waals surface area contributed by atoms with E-state index in [0.717, 1.165) is 5.56 Å². The Morgan fingerprint density at radius 3 is 2.80 bits per heavy atom. The summed E-state index contributed by atoms with van der Waals surface area (Å²) in [6.45, 7) is 0.558. The molecule has 1 aromatic carbocycles. The summed E-state index contributed by atoms with van der Waals surface area (Å²) in [6, 6.07) is 8.65. The van der Waals surface area contributed by atoms with Gasteiger partial charge in [-0.3, -0.25) is 9.78 Å². The zero-order chi connectivity index (χ0) is 17.1. The Morgan fingerprint density at radius 2 is 1.92 bits per heavy atom. The molecule has 1 N–H and O–H groups in total. The molecule has 0 aliphatic carbocycles. The largest absolute Gasteiger partial charge is 0.454 e. The summed E-state index contributed by atoms with van der Waals surface area (Å²) in [5.74, 6) is 1.90. The minimum absolute atomic E-state index is 0.178. The number of benzene rings is 1. The monoisotopic (exact) mass is 338 g/mol. The Morgan fingerprint density at radius 1 is 1.08 bits per heavy atom. The summed E-state index contributed by atoms with van der Waals surface area (Å²) in [4.78, 5) is 16.1. The number of aromatic nitrogens is 3. The first-order valence-electron chi connectivity index (χ1n) is 7.70. The molecule has 3 heterocycles. The fraction of sp³-hybridized carbons (Fsp3) is 0.176. The van der Waals surface area contributed by atoms with Crippen molar-refractivity contribution in [2.24, 2.45) is 0 Å². The number of nitrogens with zero attached hydrogens (tertiary/aromatic N) is 3. The molecule has 0 spiro atoms. The van der Waals surface area contributed by atoms with Gasteiger partial charge in [0, 0.05) is 36.5 Å². The van der Waals surface area contributed by atoms with E-state index < -0.39 is 0 Å². The van der Waals surface area contributed by atoms with Crippen LogP contribution in [0, 0.1) is 0 Å². The zero-order valence-corrected chi connectivity index (χ0v) is 13.1. The fourth-order valence-electron chi connectivity index (χ4n) is 2.39. The fourth-order valence-corrected chi connectivity index (χ4v) is 2.39. The van der Waals surface area contributed by atoms with Gasteiger partial charge in [-0.2, -0.15) is 0 Å². The van der Waals surface area contributed by atoms with Crippen LogP contribution in [0.5, 0.6) is 11.5 Å². The second-order valence-corrected chi connectivity index (χ2v) is 5.31. The van der Waals surface area contributed by atoms with Crippen LogP contribution in [0.3, 0.4) is 0 Å². The van der Waals surface area contributed by atoms with E-state index >= 15 is 0 Å². The van der Waals surface area contributed by atoms with E-state index in [4.69, 9.17) is 13.9 Å². The molecule has 2 aromatic heterocycles. The topological polar surface area (TPSA) is 99.4 Å². The minimum Gasteiger partial charge on any atom is -0.454 e. The van der Waals surface area contributed by atoms with Gasteiger partial charge in [-0.1, -0.05) is 0 Å². The molecule has 126 valence electrons. The molecule has 0 fully saturated rings. The number of hydrogen-bond donors (Lipinski definition) is 1. The van der Waals surface area contributed by atoms with E-state index in [9.17, 15) is 4.79 Å². The first kappa shape index (κ1) is 15.1. The predicted octanol–water partition coefficient (Wildman–Crippen LogP) is 1.83. The Kier molecular flexibility index (Phi) is 3.99. The van der Waals surface area contributed by atoms with Crippen LogP contribution >= 0.6 is 0 Å². The lowest BCUT2D eigenvalue weighted by Gasteiger charge is -2.04. The van der Waals surface area contributed by atoms with Gasteiger partial charge < -0.3 is 19.2 Å². The standard InChI is InChI=1S/C17H14N4O4/c22-16(12-1-2-13-14(9-12)24-10-23-13)19-8-5-15-20-21-17(25-15)11-3-6-18-7-4-11/h1-4,6-7,9H,5,8,10H2,(H,19,22). The maximum atomic E-state index is 12.2. The van der Waals surface area contributed by atoms with Crippen molar-refractivity contribution in [3.8, 4) is 23.0 Å². The number of amides is 1. The first-order valence-corrected chi connectivity index (χ1v) is 7.70. The third-order valence-electron chi connectivity index (χ3n) is 3.65. The normalized spacial score (nSPS) is 12.2. The lowest BCUT2D eigenvalue weighted by atomic mass is 10.2. The van der Waals surface area contributed by atoms with E-state index in [0.29, 0.717) is 41.8 Å². The van der Waals surface area contributed by atoms with Gasteiger partial charge in [0.25, 0.3) is 5.91 Å². The molecule has 3 aromatic rings. The number of hydrogen-bond acceptors (Lipinski definition) is 7. The summed E-state index contributed by atoms with van der Waals surface area (Å²) >= 11 is 0. The van der Waals surface area contributed by atoms with Crippen molar-refractivity contribution in [3.05, 3.63) is 54.2 Å². The van der Waals surface area contributed by atoms with Gasteiger partial charge in [0.15, 0.2) is 11.5 Å². The van der Waals surface area contributed by atoms with Crippen molar-refractivity contribution >= 4 is 5.91 Å². The van der Waals surface area contributed by atoms with E-state index in [1.807, 2.05) is 0 Å². The molecule has 8 heteroatoms. The van der Waals surface area contributed by atoms with Gasteiger partial charge in [-0.25, -0.2) is 0 Å². The Labute approximate surface area is 142 Å². The van der Waals surface area contributed by atoms with Crippen LogP contribution in [0.25, 0.3) is 11.5 Å². The minimum atomic E-state index is -0.202. The van der Waals surface area contributed by atoms with E-state index in [-0.39, 0.29) is 12.7 Å². The molecule has 0 saturated heterocycles. The average Bonchev–Trinajstić information content (AvgIpc) is 3.31. The second kappa shape index (κ2) is 6.60. The summed E-state index contributed by atoms with van der Waals surface area (Å²) < 4.78 is 16.1. The Bertz CT molecular complexity index is 895. The van der Waals surface area contributed by atoms with Crippen LogP contribution in [0.1, 0.15) is 16.2 Å². The van der Waals surface area contributed by atoms with Gasteiger partial charge in [0.2, 0.25) is 18.6 Å². The molecule has 0 unspecified atom stereocenters. The molecular formula is C17H14N4O4. The molecule has 0 bridgehead atoms. The molecule has 0 radical (unpaired) electrons. The van der Waals surface area contributed by atoms with Crippen LogP contribution in [0.2, 0.25) is 0 Å². The van der Waals surface area contributed by atoms with Crippen molar-refractivity contribution in [2.75, 3.05) is 13.3 Å². The van der Waals surface area contributed by atoms with E-state index in [1.165, 1.54) is 0 Å². The predicted molar refractivity (Wildman–Crippen MR) is 86.1 cm³/mol. The maximum absolute atomic E-state index is 12.2. The number of pyridine rings is 1. The molecule has 1 aliphatic rings. The van der Waals surface area contributed by atoms with Crippen LogP contribution in [-0.2, 0) is 6.42 Å². The first-order chi connectivity index (χ1) is 12.3. The Balaban J connectivity index is 1.33. The van der Waals surface area contributed by atoms with Gasteiger partial charge in [-0.05, 0) is 30.3 Å². The summed E-state index contributed by atoms with van der Waals surface area (Å²) in [5, 5.41) is 10.8. The van der Waals surface area contributed by atoms with Crippen molar-refractivity contribution in [1.29, 1.82) is 0 Å². The molecular weight excluding hydrogens is 324 g/mol. The number of carbonyl (C=O) groups is 1. The van der Waals surface area contributed by atoms with Crippen molar-refractivity contribution < 1.29 is 18.7 Å². The number of ether oxygens (including phenoxy) is 2. The SMILES string of the molecule is O=C(NCCc1nnc(-c2ccncc2)o1)c1ccc2c(c1)OCO2. The smallest absolute Gasteiger partial charge is 0.251 e. The van der Waals surface area contributed by atoms with Gasteiger partial charge in [-0.15, -0.1) is 10.2 Å². The van der Waals surface area contributed by atoms with Crippen LogP contribution < -0.4 is 14.8 Å². The summed E-state index contributed by atoms with van der Waals surface area (Å²) in [5.41, 5.74) is 1.31. The molecule has 8 nitrogen and oxygen atoms in total. The quantitative estimate of drug-likeness (QED) is 0.757. The lowest BCUT2D eigenvalue weighted by Crippen LogP contribution is -2.25. The summed E-state index contributed by atoms with van der Waals surface area (Å²) in [7, 11) is 0. The molecule has 25 heavy (non-hydrogen) atoms. The molecule has 1 aliphatic heterocycles. The highest BCUT2D eigenvalue weighted by molar-refractivity contribution is 5.94. The highest BCUT2D eigenvalue weighted by Crippen LogP contribution is 2.32. The average molecular weight is 338 g/mol. The third kappa shape index (κ3) is 3.27. The van der Waals surface area contributed by atoms with Crippen LogP contribution in [-0.4, -0.2) is 34.4 Å². The number of fused-ring (bicyclic) bond motifs is 1. The Hall–Kier alpha value is -3.42. The molecule has 0 atom stereocenters. The van der Waals surface area contributed by atoms with Crippen LogP contribution in [0.4, 0.5) is 0 Å². The highest BCUT2D eigenvalue weighted by Gasteiger charge is 2.16. The second-order valence-electron chi connectivity index (χ2n) is 5.31. The van der Waals surface area contributed by atoms with Gasteiger partial charge in [0.05, 0.1) is 0 Å². The maximum Gasteiger partial charge on any atom is 0.251 e. The third-order valence-corrected chi connectivity index (χ3v) is 3.65. The summed E-state index contributed by atoms with van der Waals surface area (Å²) in [6.07, 6.45) is 3.75. The molecule has 0 saturated carbocycles. The van der Waals surface area contributed by atoms with Gasteiger partial charge >= 0.3 is 0 Å². The number of nitrogens with one attached hydrogen (secondary N) is 1. The number of carbonyl (C=O) groups excluding carboxylic acids is 1. The van der Waals surface area contributed by atoms with Crippen molar-refractivity contribution in [2.45, 2.75) is 6.42 Å². The zero-order valence-electron chi connectivity index (χ0n) is 13.1. The number of rotatable bonds is 5. The van der Waals surface area contributed by atoms with Crippen LogP contribution in [0.15, 0.2) is 47.1 Å². The van der Waals surface area contributed by atoms with E-state index in [2.05, 4.69) is 20.5 Å². The van der Waals surface area contributed by atoms with Crippen molar-refractivity contribution in [3.63, 3.8) is 0 Å². The molecule has 1 amide bonds. The van der Waals surface area contributed by atoms with E-state index in [1.54, 1.807) is 42.7 Å². The van der Waals surface area contributed by atoms with Crippen molar-refractivity contribution in [1.82, 2.24) is 20.5 Å². The highest BCUT2D eigenvalue weighted by atomic mass is 16.7. The lowest BCUT2D eigenvalue weighted by molar-refractivity contribution is 0.0953.